The largest absolute Gasteiger partial charge is 0.377 e. The number of nitrogens with one attached hydrogen (secondary N) is 2. The van der Waals surface area contributed by atoms with Gasteiger partial charge < -0.3 is 10.2 Å². The van der Waals surface area contributed by atoms with Crippen molar-refractivity contribution < 1.29 is 12.8 Å². The van der Waals surface area contributed by atoms with Crippen molar-refractivity contribution in [2.45, 2.75) is 30.8 Å². The van der Waals surface area contributed by atoms with Crippen molar-refractivity contribution in [3.05, 3.63) is 69.9 Å². The Bertz CT molecular complexity index is 1140. The second kappa shape index (κ2) is 9.95. The van der Waals surface area contributed by atoms with Gasteiger partial charge >= 0.3 is 0 Å². The third-order valence-electron chi connectivity index (χ3n) is 4.62. The first-order chi connectivity index (χ1) is 14.7. The maximum atomic E-state index is 14.8. The van der Waals surface area contributed by atoms with Gasteiger partial charge in [-0.3, -0.25) is 4.72 Å². The van der Waals surface area contributed by atoms with Crippen LogP contribution in [0.4, 0.5) is 15.2 Å². The lowest BCUT2D eigenvalue weighted by Crippen LogP contribution is -2.18. The average Bonchev–Trinajstić information content (AvgIpc) is 3.20. The zero-order chi connectivity index (χ0) is 22.6. The van der Waals surface area contributed by atoms with Gasteiger partial charge in [-0.25, -0.2) is 17.8 Å². The lowest BCUT2D eigenvalue weighted by molar-refractivity contribution is 0.400. The van der Waals surface area contributed by atoms with Gasteiger partial charge in [0.05, 0.1) is 16.8 Å². The highest BCUT2D eigenvalue weighted by Crippen LogP contribution is 2.33. The van der Waals surface area contributed by atoms with Gasteiger partial charge in [-0.2, -0.15) is 0 Å². The van der Waals surface area contributed by atoms with Gasteiger partial charge in [0.25, 0.3) is 10.0 Å². The molecule has 1 aromatic heterocycles. The third kappa shape index (κ3) is 5.74. The van der Waals surface area contributed by atoms with E-state index in [9.17, 15) is 12.8 Å². The van der Waals surface area contributed by atoms with Gasteiger partial charge in [-0.15, -0.1) is 11.3 Å². The fourth-order valence-corrected chi connectivity index (χ4v) is 5.39. The highest BCUT2D eigenvalue weighted by molar-refractivity contribution is 7.93. The first kappa shape index (κ1) is 23.5. The second-order valence-electron chi connectivity index (χ2n) is 7.25. The van der Waals surface area contributed by atoms with Crippen molar-refractivity contribution in [2.24, 2.45) is 0 Å². The summed E-state index contributed by atoms with van der Waals surface area (Å²) in [7, 11) is -0.162. The first-order valence-electron chi connectivity index (χ1n) is 9.61. The van der Waals surface area contributed by atoms with Crippen LogP contribution in [0.5, 0.6) is 0 Å². The Morgan fingerprint density at radius 2 is 2.00 bits per heavy atom. The van der Waals surface area contributed by atoms with E-state index in [2.05, 4.69) is 26.0 Å². The van der Waals surface area contributed by atoms with Crippen LogP contribution in [0.3, 0.4) is 0 Å². The molecule has 166 valence electrons. The Morgan fingerprint density at radius 3 is 2.65 bits per heavy atom. The highest BCUT2D eigenvalue weighted by Gasteiger charge is 2.23. The Morgan fingerprint density at radius 1 is 1.26 bits per heavy atom. The lowest BCUT2D eigenvalue weighted by Gasteiger charge is -2.24. The molecule has 0 spiro atoms. The summed E-state index contributed by atoms with van der Waals surface area (Å²) < 4.78 is 42.2. The fraction of sp³-hybridized carbons (Fsp3) is 0.286. The number of sulfonamides is 1. The molecule has 0 unspecified atom stereocenters. The van der Waals surface area contributed by atoms with Crippen LogP contribution < -0.4 is 10.0 Å². The molecule has 0 aliphatic rings. The lowest BCUT2D eigenvalue weighted by atomic mass is 9.97. The van der Waals surface area contributed by atoms with E-state index < -0.39 is 20.7 Å². The number of aromatic nitrogens is 1. The van der Waals surface area contributed by atoms with E-state index in [0.717, 1.165) is 47.6 Å². The van der Waals surface area contributed by atoms with Crippen LogP contribution in [0.1, 0.15) is 30.5 Å². The van der Waals surface area contributed by atoms with Crippen molar-refractivity contribution >= 4 is 43.8 Å². The summed E-state index contributed by atoms with van der Waals surface area (Å²) in [6.45, 7) is 2.78. The molecule has 3 rings (SSSR count). The molecule has 2 N–H and O–H groups in total. The zero-order valence-electron chi connectivity index (χ0n) is 17.4. The molecular formula is C21H24ClFN4O2S2. The number of benzene rings is 2. The van der Waals surface area contributed by atoms with E-state index in [0.29, 0.717) is 5.69 Å². The van der Waals surface area contributed by atoms with Crippen LogP contribution in [-0.4, -0.2) is 32.4 Å². The molecule has 0 radical (unpaired) electrons. The standard InChI is InChI=1S/C21H24ClFN4O2S2/c1-4-18(15-8-6-5-7-14(15)13-27(2)3)25-19-12-17(23)20(11-16(19)22)31(28,29)26-21-24-9-10-30-21/h5-12,18,25H,4,13H2,1-3H3,(H,24,26)/t18-/m1/s1. The Hall–Kier alpha value is -2.20. The summed E-state index contributed by atoms with van der Waals surface area (Å²) in [6, 6.07) is 10.1. The fourth-order valence-electron chi connectivity index (χ4n) is 3.24. The minimum Gasteiger partial charge on any atom is -0.377 e. The van der Waals surface area contributed by atoms with Crippen molar-refractivity contribution in [3.8, 4) is 0 Å². The van der Waals surface area contributed by atoms with Crippen LogP contribution in [-0.2, 0) is 16.6 Å². The topological polar surface area (TPSA) is 74.3 Å². The number of nitrogens with zero attached hydrogens (tertiary/aromatic N) is 2. The van der Waals surface area contributed by atoms with E-state index in [-0.39, 0.29) is 16.2 Å². The van der Waals surface area contributed by atoms with Gasteiger partial charge in [0.2, 0.25) is 0 Å². The zero-order valence-corrected chi connectivity index (χ0v) is 19.8. The summed E-state index contributed by atoms with van der Waals surface area (Å²) in [5, 5.41) is 5.16. The van der Waals surface area contributed by atoms with Crippen molar-refractivity contribution in [2.75, 3.05) is 24.1 Å². The van der Waals surface area contributed by atoms with Crippen molar-refractivity contribution in [1.82, 2.24) is 9.88 Å². The van der Waals surface area contributed by atoms with Crippen LogP contribution in [0.2, 0.25) is 5.02 Å². The number of halogens is 2. The van der Waals surface area contributed by atoms with Gasteiger partial charge in [-0.1, -0.05) is 42.8 Å². The molecule has 0 amide bonds. The predicted molar refractivity (Wildman–Crippen MR) is 125 cm³/mol. The van der Waals surface area contributed by atoms with E-state index in [1.54, 1.807) is 5.38 Å². The van der Waals surface area contributed by atoms with E-state index in [4.69, 9.17) is 11.6 Å². The molecule has 0 saturated carbocycles. The van der Waals surface area contributed by atoms with Crippen molar-refractivity contribution in [3.63, 3.8) is 0 Å². The average molecular weight is 483 g/mol. The summed E-state index contributed by atoms with van der Waals surface area (Å²) in [4.78, 5) is 5.41. The summed E-state index contributed by atoms with van der Waals surface area (Å²) in [5.41, 5.74) is 2.56. The molecule has 0 saturated heterocycles. The molecule has 3 aromatic rings. The minimum atomic E-state index is -4.15. The van der Waals surface area contributed by atoms with Crippen LogP contribution in [0.25, 0.3) is 0 Å². The molecular weight excluding hydrogens is 459 g/mol. The molecule has 0 aliphatic heterocycles. The van der Waals surface area contributed by atoms with Crippen LogP contribution in [0.15, 0.2) is 52.9 Å². The molecule has 1 atom stereocenters. The van der Waals surface area contributed by atoms with Crippen LogP contribution >= 0.6 is 22.9 Å². The SMILES string of the molecule is CC[C@@H](Nc1cc(F)c(S(=O)(=O)Nc2nccs2)cc1Cl)c1ccccc1CN(C)C. The Kier molecular flexibility index (Phi) is 7.53. The van der Waals surface area contributed by atoms with Gasteiger partial charge in [0.15, 0.2) is 5.13 Å². The minimum absolute atomic E-state index is 0.115. The van der Waals surface area contributed by atoms with Crippen molar-refractivity contribution in [1.29, 1.82) is 0 Å². The quantitative estimate of drug-likeness (QED) is 0.429. The van der Waals surface area contributed by atoms with E-state index in [1.807, 2.05) is 39.2 Å². The predicted octanol–water partition coefficient (Wildman–Crippen LogP) is 5.36. The summed E-state index contributed by atoms with van der Waals surface area (Å²) in [6.07, 6.45) is 2.19. The number of rotatable bonds is 9. The normalized spacial score (nSPS) is 12.7. The van der Waals surface area contributed by atoms with Gasteiger partial charge in [0.1, 0.15) is 10.7 Å². The van der Waals surface area contributed by atoms with E-state index in [1.165, 1.54) is 6.20 Å². The number of hydrogen-bond donors (Lipinski definition) is 2. The number of anilines is 2. The molecule has 0 fully saturated rings. The second-order valence-corrected chi connectivity index (χ2v) is 10.2. The molecule has 0 aliphatic carbocycles. The van der Waals surface area contributed by atoms with E-state index >= 15 is 0 Å². The van der Waals surface area contributed by atoms with Gasteiger partial charge in [0, 0.05) is 18.1 Å². The van der Waals surface area contributed by atoms with Crippen LogP contribution in [0, 0.1) is 5.82 Å². The smallest absolute Gasteiger partial charge is 0.266 e. The molecule has 31 heavy (non-hydrogen) atoms. The maximum absolute atomic E-state index is 14.8. The molecule has 0 bridgehead atoms. The molecule has 1 heterocycles. The van der Waals surface area contributed by atoms with Gasteiger partial charge in [-0.05, 0) is 43.8 Å². The Labute approximate surface area is 191 Å². The monoisotopic (exact) mass is 482 g/mol. The molecule has 6 nitrogen and oxygen atoms in total. The first-order valence-corrected chi connectivity index (χ1v) is 12.4. The summed E-state index contributed by atoms with van der Waals surface area (Å²) in [5.74, 6) is -0.896. The highest BCUT2D eigenvalue weighted by atomic mass is 35.5. The number of thiazole rings is 1. The third-order valence-corrected chi connectivity index (χ3v) is 7.10. The maximum Gasteiger partial charge on any atom is 0.266 e. The summed E-state index contributed by atoms with van der Waals surface area (Å²) >= 11 is 7.46. The molecule has 10 heteroatoms. The Balaban J connectivity index is 1.90. The number of hydrogen-bond acceptors (Lipinski definition) is 6. The molecule has 2 aromatic carbocycles.